The van der Waals surface area contributed by atoms with Crippen LogP contribution >= 0.6 is 11.3 Å². The number of thiophene rings is 1. The molecular weight excluding hydrogens is 492 g/mol. The molecule has 1 aromatic carbocycles. The molecule has 2 aromatic heterocycles. The number of aromatic nitrogens is 1. The van der Waals surface area contributed by atoms with E-state index in [1.54, 1.807) is 18.3 Å². The first kappa shape index (κ1) is 29.4. The predicted octanol–water partition coefficient (Wildman–Crippen LogP) is 5.16. The van der Waals surface area contributed by atoms with Crippen molar-refractivity contribution < 1.29 is 29.3 Å². The molecule has 3 rings (SSSR count). The van der Waals surface area contributed by atoms with Crippen LogP contribution in [-0.4, -0.2) is 58.0 Å². The molecule has 0 spiro atoms. The summed E-state index contributed by atoms with van der Waals surface area (Å²) < 4.78 is 5.83. The Morgan fingerprint density at radius 1 is 0.919 bits per heavy atom. The van der Waals surface area contributed by atoms with Crippen LogP contribution in [0, 0.1) is 0 Å². The Kier molecular flexibility index (Phi) is 13.3. The summed E-state index contributed by atoms with van der Waals surface area (Å²) >= 11 is 1.44. The van der Waals surface area contributed by atoms with Crippen molar-refractivity contribution in [2.45, 2.75) is 32.2 Å². The minimum absolute atomic E-state index is 0.0236. The van der Waals surface area contributed by atoms with Crippen LogP contribution in [-0.2, 0) is 16.1 Å². The number of unbranched alkanes of at least 4 members (excludes halogenated alkanes) is 3. The van der Waals surface area contributed by atoms with E-state index in [1.165, 1.54) is 29.7 Å². The van der Waals surface area contributed by atoms with Crippen molar-refractivity contribution in [2.24, 2.45) is 0 Å². The first-order valence-electron chi connectivity index (χ1n) is 11.9. The lowest BCUT2D eigenvalue weighted by molar-refractivity contribution is -0.134. The summed E-state index contributed by atoms with van der Waals surface area (Å²) in [6, 6.07) is 17.8. The second-order valence-electron chi connectivity index (χ2n) is 8.16. The number of benzene rings is 1. The Hall–Kier alpha value is -3.82. The van der Waals surface area contributed by atoms with Gasteiger partial charge in [-0.2, -0.15) is 0 Å². The Bertz CT molecular complexity index is 1120. The maximum absolute atomic E-state index is 12.6. The Morgan fingerprint density at radius 2 is 1.62 bits per heavy atom. The van der Waals surface area contributed by atoms with Crippen LogP contribution in [0.5, 0.6) is 5.88 Å². The van der Waals surface area contributed by atoms with E-state index >= 15 is 0 Å². The summed E-state index contributed by atoms with van der Waals surface area (Å²) in [7, 11) is 2.17. The monoisotopic (exact) mass is 524 g/mol. The van der Waals surface area contributed by atoms with Gasteiger partial charge in [0.2, 0.25) is 11.7 Å². The lowest BCUT2D eigenvalue weighted by atomic mass is 10.1. The van der Waals surface area contributed by atoms with Crippen LogP contribution in [0.3, 0.4) is 0 Å². The second-order valence-corrected chi connectivity index (χ2v) is 9.11. The van der Waals surface area contributed by atoms with Gasteiger partial charge >= 0.3 is 11.9 Å². The minimum atomic E-state index is -1.26. The number of carboxylic acid groups (broad SMARTS) is 2. The van der Waals surface area contributed by atoms with Crippen LogP contribution in [0.25, 0.3) is 0 Å². The van der Waals surface area contributed by atoms with Crippen molar-refractivity contribution in [1.29, 1.82) is 0 Å². The third kappa shape index (κ3) is 12.1. The Balaban J connectivity index is 0.000000521. The second kappa shape index (κ2) is 16.8. The van der Waals surface area contributed by atoms with E-state index < -0.39 is 11.9 Å². The van der Waals surface area contributed by atoms with Gasteiger partial charge in [0.25, 0.3) is 0 Å². The van der Waals surface area contributed by atoms with Gasteiger partial charge in [-0.1, -0.05) is 49.2 Å². The van der Waals surface area contributed by atoms with E-state index in [4.69, 9.17) is 14.9 Å². The minimum Gasteiger partial charge on any atom is -0.478 e. The van der Waals surface area contributed by atoms with Crippen molar-refractivity contribution >= 4 is 29.1 Å². The largest absolute Gasteiger partial charge is 0.478 e. The zero-order valence-electron chi connectivity index (χ0n) is 20.8. The number of ketones is 1. The number of ether oxygens (including phenoxy) is 1. The number of carboxylic acids is 2. The molecule has 2 N–H and O–H groups in total. The molecule has 0 bridgehead atoms. The molecule has 0 aliphatic heterocycles. The third-order valence-electron chi connectivity index (χ3n) is 5.10. The van der Waals surface area contributed by atoms with E-state index in [9.17, 15) is 14.4 Å². The fraction of sp³-hybridized carbons (Fsp3) is 0.286. The van der Waals surface area contributed by atoms with Gasteiger partial charge in [-0.15, -0.1) is 11.3 Å². The zero-order chi connectivity index (χ0) is 26.9. The van der Waals surface area contributed by atoms with Crippen molar-refractivity contribution in [3.05, 3.63) is 94.3 Å². The number of hydrogen-bond acceptors (Lipinski definition) is 7. The third-order valence-corrected chi connectivity index (χ3v) is 5.97. The number of nitrogens with zero attached hydrogens (tertiary/aromatic N) is 2. The van der Waals surface area contributed by atoms with Crippen LogP contribution in [0.15, 0.2) is 78.3 Å². The van der Waals surface area contributed by atoms with Crippen LogP contribution in [0.4, 0.5) is 0 Å². The first-order chi connectivity index (χ1) is 17.9. The molecule has 2 heterocycles. The molecule has 0 fully saturated rings. The molecule has 0 aliphatic carbocycles. The average Bonchev–Trinajstić information content (AvgIpc) is 3.43. The SMILES string of the molecule is CN(CCCCCCOc1ncccc1C(=O)c1cccs1)Cc1ccccc1.O=C(O)C=CC(=O)O. The molecule has 37 heavy (non-hydrogen) atoms. The molecule has 0 saturated heterocycles. The van der Waals surface area contributed by atoms with Crippen LogP contribution in [0.2, 0.25) is 0 Å². The van der Waals surface area contributed by atoms with Crippen molar-refractivity contribution in [3.63, 3.8) is 0 Å². The predicted molar refractivity (Wildman–Crippen MR) is 143 cm³/mol. The summed E-state index contributed by atoms with van der Waals surface area (Å²) in [4.78, 5) is 39.0. The summed E-state index contributed by atoms with van der Waals surface area (Å²) in [5.74, 6) is -2.10. The van der Waals surface area contributed by atoms with Crippen molar-refractivity contribution in [2.75, 3.05) is 20.2 Å². The van der Waals surface area contributed by atoms with E-state index in [1.807, 2.05) is 17.5 Å². The van der Waals surface area contributed by atoms with Crippen molar-refractivity contribution in [3.8, 4) is 5.88 Å². The van der Waals surface area contributed by atoms with Gasteiger partial charge in [0.05, 0.1) is 17.0 Å². The number of aliphatic carboxylic acids is 2. The van der Waals surface area contributed by atoms with Crippen molar-refractivity contribution in [1.82, 2.24) is 9.88 Å². The summed E-state index contributed by atoms with van der Waals surface area (Å²) in [5.41, 5.74) is 1.89. The normalized spacial score (nSPS) is 10.6. The number of carbonyl (C=O) groups excluding carboxylic acids is 1. The van der Waals surface area contributed by atoms with E-state index in [-0.39, 0.29) is 5.78 Å². The van der Waals surface area contributed by atoms with Crippen LogP contribution in [0.1, 0.15) is 46.5 Å². The molecule has 9 heteroatoms. The molecule has 8 nitrogen and oxygen atoms in total. The highest BCUT2D eigenvalue weighted by molar-refractivity contribution is 7.12. The maximum Gasteiger partial charge on any atom is 0.328 e. The van der Waals surface area contributed by atoms with Gasteiger partial charge in [0.1, 0.15) is 0 Å². The van der Waals surface area contributed by atoms with Gasteiger partial charge in [-0.05, 0) is 55.6 Å². The van der Waals surface area contributed by atoms with E-state index in [0.717, 1.165) is 25.9 Å². The lowest BCUT2D eigenvalue weighted by Gasteiger charge is -2.16. The van der Waals surface area contributed by atoms with Crippen LogP contribution < -0.4 is 4.74 Å². The molecule has 3 aromatic rings. The fourth-order valence-corrected chi connectivity index (χ4v) is 4.02. The molecule has 0 radical (unpaired) electrons. The quantitative estimate of drug-likeness (QED) is 0.169. The number of pyridine rings is 1. The summed E-state index contributed by atoms with van der Waals surface area (Å²) in [6.45, 7) is 2.67. The summed E-state index contributed by atoms with van der Waals surface area (Å²) in [5, 5.41) is 17.5. The number of carbonyl (C=O) groups is 3. The van der Waals surface area contributed by atoms with E-state index in [2.05, 4.69) is 47.3 Å². The average molecular weight is 525 g/mol. The standard InChI is InChI=1S/C24H28N2O2S.C4H4O4/c1-26(19-20-11-5-4-6-12-20)16-7-2-3-8-17-28-24-21(13-9-15-25-24)23(27)22-14-10-18-29-22;5-3(6)1-2-4(7)8/h4-6,9-15,18H,2-3,7-8,16-17,19H2,1H3;1-2H,(H,5,6)(H,7,8). The first-order valence-corrected chi connectivity index (χ1v) is 12.8. The van der Waals surface area contributed by atoms with E-state index in [0.29, 0.717) is 35.1 Å². The topological polar surface area (TPSA) is 117 Å². The maximum atomic E-state index is 12.6. The highest BCUT2D eigenvalue weighted by atomic mass is 32.1. The molecular formula is C28H32N2O6S. The van der Waals surface area contributed by atoms with Gasteiger partial charge < -0.3 is 19.8 Å². The fourth-order valence-electron chi connectivity index (χ4n) is 3.34. The van der Waals surface area contributed by atoms with Gasteiger partial charge in [0, 0.05) is 24.9 Å². The van der Waals surface area contributed by atoms with Gasteiger partial charge in [0.15, 0.2) is 0 Å². The number of rotatable bonds is 14. The molecule has 0 aliphatic rings. The molecule has 0 amide bonds. The van der Waals surface area contributed by atoms with Gasteiger partial charge in [-0.3, -0.25) is 4.79 Å². The van der Waals surface area contributed by atoms with Gasteiger partial charge in [-0.25, -0.2) is 14.6 Å². The lowest BCUT2D eigenvalue weighted by Crippen LogP contribution is -2.19. The Morgan fingerprint density at radius 3 is 2.27 bits per heavy atom. The highest BCUT2D eigenvalue weighted by Crippen LogP contribution is 2.21. The molecule has 0 saturated carbocycles. The molecule has 196 valence electrons. The molecule has 0 unspecified atom stereocenters. The smallest absolute Gasteiger partial charge is 0.328 e. The summed E-state index contributed by atoms with van der Waals surface area (Å²) in [6.07, 6.45) is 7.21. The zero-order valence-corrected chi connectivity index (χ0v) is 21.6. The number of hydrogen-bond donors (Lipinski definition) is 2. The molecule has 0 atom stereocenters. The Labute approximate surface area is 220 Å². The highest BCUT2D eigenvalue weighted by Gasteiger charge is 2.16.